The Labute approximate surface area is 84.5 Å². The maximum Gasteiger partial charge on any atom is 0.212 e. The molecule has 3 heteroatoms. The molecule has 0 aliphatic carbocycles. The lowest BCUT2D eigenvalue weighted by molar-refractivity contribution is 0.397. The van der Waals surface area contributed by atoms with Crippen molar-refractivity contribution in [3.63, 3.8) is 0 Å². The minimum atomic E-state index is 0.641. The molecule has 0 bridgehead atoms. The number of methoxy groups -OCH3 is 1. The third-order valence-electron chi connectivity index (χ3n) is 1.73. The largest absolute Gasteiger partial charge is 0.481 e. The molecule has 0 saturated carbocycles. The number of hydrogen-bond acceptors (Lipinski definition) is 3. The molecule has 0 aliphatic heterocycles. The summed E-state index contributed by atoms with van der Waals surface area (Å²) in [6, 6.07) is 3.83. The van der Waals surface area contributed by atoms with Crippen LogP contribution in [0.15, 0.2) is 18.3 Å². The number of rotatable bonds is 4. The highest BCUT2D eigenvalue weighted by Crippen LogP contribution is 2.05. The predicted octanol–water partition coefficient (Wildman–Crippen LogP) is 1.20. The third-order valence-corrected chi connectivity index (χ3v) is 1.73. The van der Waals surface area contributed by atoms with Crippen LogP contribution in [0.4, 0.5) is 0 Å². The lowest BCUT2D eigenvalue weighted by Crippen LogP contribution is -2.13. The smallest absolute Gasteiger partial charge is 0.212 e. The van der Waals surface area contributed by atoms with E-state index in [1.54, 1.807) is 13.3 Å². The molecule has 1 rings (SSSR count). The molecule has 1 aromatic rings. The quantitative estimate of drug-likeness (QED) is 0.572. The van der Waals surface area contributed by atoms with Crippen molar-refractivity contribution in [2.45, 2.75) is 13.5 Å². The zero-order valence-electron chi connectivity index (χ0n) is 8.50. The maximum absolute atomic E-state index is 4.96. The summed E-state index contributed by atoms with van der Waals surface area (Å²) in [4.78, 5) is 4.10. The lowest BCUT2D eigenvalue weighted by Gasteiger charge is -2.02. The van der Waals surface area contributed by atoms with Gasteiger partial charge >= 0.3 is 0 Å². The molecule has 0 spiro atoms. The SMILES string of the molecule is CC#CCNCc1ccc(OC)nc1. The molecule has 1 N–H and O–H groups in total. The van der Waals surface area contributed by atoms with Gasteiger partial charge in [-0.1, -0.05) is 12.0 Å². The van der Waals surface area contributed by atoms with E-state index in [1.807, 2.05) is 19.1 Å². The molecular formula is C11H14N2O. The van der Waals surface area contributed by atoms with Gasteiger partial charge in [0.1, 0.15) is 0 Å². The highest BCUT2D eigenvalue weighted by Gasteiger charge is 1.93. The Hall–Kier alpha value is -1.53. The second-order valence-electron chi connectivity index (χ2n) is 2.74. The molecule has 1 aromatic heterocycles. The van der Waals surface area contributed by atoms with Gasteiger partial charge < -0.3 is 10.1 Å². The molecular weight excluding hydrogens is 176 g/mol. The fourth-order valence-corrected chi connectivity index (χ4v) is 0.994. The molecule has 0 aromatic carbocycles. The summed E-state index contributed by atoms with van der Waals surface area (Å²) < 4.78 is 4.96. The minimum absolute atomic E-state index is 0.641. The summed E-state index contributed by atoms with van der Waals surface area (Å²) in [5, 5.41) is 3.19. The zero-order valence-corrected chi connectivity index (χ0v) is 8.50. The summed E-state index contributed by atoms with van der Waals surface area (Å²) in [7, 11) is 1.61. The highest BCUT2D eigenvalue weighted by molar-refractivity contribution is 5.17. The van der Waals surface area contributed by atoms with E-state index in [2.05, 4.69) is 22.1 Å². The Balaban J connectivity index is 2.38. The average molecular weight is 190 g/mol. The molecule has 0 fully saturated rings. The van der Waals surface area contributed by atoms with Gasteiger partial charge in [-0.15, -0.1) is 5.92 Å². The van der Waals surface area contributed by atoms with Crippen LogP contribution in [-0.2, 0) is 6.54 Å². The summed E-state index contributed by atoms with van der Waals surface area (Å²) in [6.45, 7) is 3.32. The van der Waals surface area contributed by atoms with Crippen LogP contribution in [0.3, 0.4) is 0 Å². The molecule has 1 heterocycles. The van der Waals surface area contributed by atoms with E-state index >= 15 is 0 Å². The Morgan fingerprint density at radius 3 is 2.93 bits per heavy atom. The van der Waals surface area contributed by atoms with Gasteiger partial charge in [0.2, 0.25) is 5.88 Å². The topological polar surface area (TPSA) is 34.1 Å². The van der Waals surface area contributed by atoms with Gasteiger partial charge in [-0.05, 0) is 12.5 Å². The van der Waals surface area contributed by atoms with Gasteiger partial charge in [-0.25, -0.2) is 4.98 Å². The molecule has 0 amide bonds. The lowest BCUT2D eigenvalue weighted by atomic mass is 10.3. The first kappa shape index (κ1) is 10.6. The van der Waals surface area contributed by atoms with Crippen LogP contribution in [0.25, 0.3) is 0 Å². The summed E-state index contributed by atoms with van der Waals surface area (Å²) in [5.74, 6) is 6.40. The fourth-order valence-electron chi connectivity index (χ4n) is 0.994. The fraction of sp³-hybridized carbons (Fsp3) is 0.364. The third kappa shape index (κ3) is 3.46. The standard InChI is InChI=1S/C11H14N2O/c1-3-4-7-12-8-10-5-6-11(14-2)13-9-10/h5-6,9,12H,7-8H2,1-2H3. The number of hydrogen-bond donors (Lipinski definition) is 1. The predicted molar refractivity (Wildman–Crippen MR) is 55.9 cm³/mol. The number of pyridine rings is 1. The Bertz CT molecular complexity index is 321. The van der Waals surface area contributed by atoms with Gasteiger partial charge in [0.15, 0.2) is 0 Å². The summed E-state index contributed by atoms with van der Waals surface area (Å²) >= 11 is 0. The van der Waals surface area contributed by atoms with Gasteiger partial charge in [0.05, 0.1) is 13.7 Å². The van der Waals surface area contributed by atoms with Crippen LogP contribution in [-0.4, -0.2) is 18.6 Å². The van der Waals surface area contributed by atoms with E-state index in [0.29, 0.717) is 12.4 Å². The van der Waals surface area contributed by atoms with E-state index in [4.69, 9.17) is 4.74 Å². The first-order valence-corrected chi connectivity index (χ1v) is 4.46. The molecule has 0 aliphatic rings. The van der Waals surface area contributed by atoms with Crippen molar-refractivity contribution in [2.24, 2.45) is 0 Å². The maximum atomic E-state index is 4.96. The van der Waals surface area contributed by atoms with E-state index in [0.717, 1.165) is 12.1 Å². The summed E-state index contributed by atoms with van der Waals surface area (Å²) in [6.07, 6.45) is 1.80. The zero-order chi connectivity index (χ0) is 10.2. The van der Waals surface area contributed by atoms with Crippen molar-refractivity contribution in [3.05, 3.63) is 23.9 Å². The molecule has 0 saturated heterocycles. The van der Waals surface area contributed by atoms with Crippen LogP contribution < -0.4 is 10.1 Å². The number of aromatic nitrogens is 1. The second kappa shape index (κ2) is 6.01. The number of nitrogens with zero attached hydrogens (tertiary/aromatic N) is 1. The van der Waals surface area contributed by atoms with E-state index in [-0.39, 0.29) is 0 Å². The van der Waals surface area contributed by atoms with Gasteiger partial charge in [-0.2, -0.15) is 0 Å². The van der Waals surface area contributed by atoms with Gasteiger partial charge in [-0.3, -0.25) is 0 Å². The molecule has 14 heavy (non-hydrogen) atoms. The molecule has 0 atom stereocenters. The Morgan fingerprint density at radius 1 is 1.50 bits per heavy atom. The van der Waals surface area contributed by atoms with E-state index in [1.165, 1.54) is 0 Å². The van der Waals surface area contributed by atoms with Crippen LogP contribution in [0, 0.1) is 11.8 Å². The molecule has 3 nitrogen and oxygen atoms in total. The molecule has 0 radical (unpaired) electrons. The Morgan fingerprint density at radius 2 is 2.36 bits per heavy atom. The second-order valence-corrected chi connectivity index (χ2v) is 2.74. The normalized spacial score (nSPS) is 9.00. The van der Waals surface area contributed by atoms with E-state index in [9.17, 15) is 0 Å². The Kier molecular flexibility index (Phi) is 4.53. The number of ether oxygens (including phenoxy) is 1. The first-order chi connectivity index (χ1) is 6.86. The van der Waals surface area contributed by atoms with Crippen molar-refractivity contribution < 1.29 is 4.74 Å². The van der Waals surface area contributed by atoms with Crippen molar-refractivity contribution in [1.29, 1.82) is 0 Å². The molecule has 0 unspecified atom stereocenters. The van der Waals surface area contributed by atoms with Crippen molar-refractivity contribution in [2.75, 3.05) is 13.7 Å². The van der Waals surface area contributed by atoms with Crippen LogP contribution in [0.1, 0.15) is 12.5 Å². The van der Waals surface area contributed by atoms with Crippen molar-refractivity contribution in [1.82, 2.24) is 10.3 Å². The minimum Gasteiger partial charge on any atom is -0.481 e. The monoisotopic (exact) mass is 190 g/mol. The average Bonchev–Trinajstić information content (AvgIpc) is 2.25. The number of nitrogens with one attached hydrogen (secondary N) is 1. The highest BCUT2D eigenvalue weighted by atomic mass is 16.5. The molecule has 74 valence electrons. The van der Waals surface area contributed by atoms with Crippen molar-refractivity contribution >= 4 is 0 Å². The summed E-state index contributed by atoms with van der Waals surface area (Å²) in [5.41, 5.74) is 1.13. The first-order valence-electron chi connectivity index (χ1n) is 4.46. The van der Waals surface area contributed by atoms with Crippen molar-refractivity contribution in [3.8, 4) is 17.7 Å². The van der Waals surface area contributed by atoms with Crippen LogP contribution in [0.5, 0.6) is 5.88 Å². The van der Waals surface area contributed by atoms with Gasteiger partial charge in [0.25, 0.3) is 0 Å². The van der Waals surface area contributed by atoms with Crippen LogP contribution >= 0.6 is 0 Å². The van der Waals surface area contributed by atoms with E-state index < -0.39 is 0 Å². The van der Waals surface area contributed by atoms with Gasteiger partial charge in [0, 0.05) is 18.8 Å². The van der Waals surface area contributed by atoms with Crippen LogP contribution in [0.2, 0.25) is 0 Å².